The molecule has 3 N–H and O–H groups in total. The van der Waals surface area contributed by atoms with Crippen LogP contribution in [0.5, 0.6) is 0 Å². The molecule has 2 aromatic heterocycles. The standard InChI is InChI=1S/C12H13N3OS/c1-8-5-6-9(17-8)7-14-12(16)10-3-2-4-11(13)15-10/h2-6H,7H2,1H3,(H2,13,15)(H,14,16). The van der Waals surface area contributed by atoms with Crippen molar-refractivity contribution in [3.8, 4) is 0 Å². The second-order valence-electron chi connectivity index (χ2n) is 3.64. The van der Waals surface area contributed by atoms with Gasteiger partial charge in [0.1, 0.15) is 11.5 Å². The number of nitrogen functional groups attached to an aromatic ring is 1. The number of pyridine rings is 1. The number of aryl methyl sites for hydroxylation is 1. The molecule has 88 valence electrons. The normalized spacial score (nSPS) is 10.2. The molecule has 0 radical (unpaired) electrons. The number of nitrogens with one attached hydrogen (secondary N) is 1. The van der Waals surface area contributed by atoms with Gasteiger partial charge in [0, 0.05) is 9.75 Å². The van der Waals surface area contributed by atoms with Crippen LogP contribution in [0.3, 0.4) is 0 Å². The Labute approximate surface area is 103 Å². The van der Waals surface area contributed by atoms with Crippen LogP contribution >= 0.6 is 11.3 Å². The van der Waals surface area contributed by atoms with E-state index in [-0.39, 0.29) is 5.91 Å². The summed E-state index contributed by atoms with van der Waals surface area (Å²) in [6, 6.07) is 9.05. The van der Waals surface area contributed by atoms with Gasteiger partial charge in [-0.1, -0.05) is 6.07 Å². The molecular formula is C12H13N3OS. The molecule has 17 heavy (non-hydrogen) atoms. The fraction of sp³-hybridized carbons (Fsp3) is 0.167. The summed E-state index contributed by atoms with van der Waals surface area (Å²) in [4.78, 5) is 18.1. The first-order valence-corrected chi connectivity index (χ1v) is 6.03. The molecule has 2 heterocycles. The van der Waals surface area contributed by atoms with Gasteiger partial charge < -0.3 is 11.1 Å². The van der Waals surface area contributed by atoms with E-state index in [1.54, 1.807) is 29.5 Å². The topological polar surface area (TPSA) is 68.0 Å². The highest BCUT2D eigenvalue weighted by Crippen LogP contribution is 2.14. The number of carbonyl (C=O) groups is 1. The van der Waals surface area contributed by atoms with Gasteiger partial charge in [-0.15, -0.1) is 11.3 Å². The third-order valence-electron chi connectivity index (χ3n) is 2.22. The third-order valence-corrected chi connectivity index (χ3v) is 3.22. The van der Waals surface area contributed by atoms with Crippen molar-refractivity contribution in [2.45, 2.75) is 13.5 Å². The average molecular weight is 247 g/mol. The number of amides is 1. The molecule has 2 aromatic rings. The van der Waals surface area contributed by atoms with Gasteiger partial charge in [-0.05, 0) is 31.2 Å². The maximum Gasteiger partial charge on any atom is 0.270 e. The lowest BCUT2D eigenvalue weighted by atomic mass is 10.3. The van der Waals surface area contributed by atoms with Gasteiger partial charge in [0.05, 0.1) is 6.54 Å². The van der Waals surface area contributed by atoms with Crippen LogP contribution in [0.1, 0.15) is 20.2 Å². The molecule has 0 unspecified atom stereocenters. The molecule has 0 bridgehead atoms. The fourth-order valence-electron chi connectivity index (χ4n) is 1.42. The largest absolute Gasteiger partial charge is 0.384 e. The Morgan fingerprint density at radius 1 is 1.41 bits per heavy atom. The maximum absolute atomic E-state index is 11.8. The number of nitrogens with two attached hydrogens (primary N) is 1. The molecule has 0 fully saturated rings. The highest BCUT2D eigenvalue weighted by molar-refractivity contribution is 7.11. The van der Waals surface area contributed by atoms with E-state index in [9.17, 15) is 4.79 Å². The molecule has 0 spiro atoms. The van der Waals surface area contributed by atoms with E-state index >= 15 is 0 Å². The summed E-state index contributed by atoms with van der Waals surface area (Å²) in [5.74, 6) is 0.146. The number of anilines is 1. The Bertz CT molecular complexity index is 536. The van der Waals surface area contributed by atoms with Crippen molar-refractivity contribution < 1.29 is 4.79 Å². The Morgan fingerprint density at radius 3 is 2.88 bits per heavy atom. The molecule has 0 aliphatic heterocycles. The molecule has 0 saturated heterocycles. The van der Waals surface area contributed by atoms with Gasteiger partial charge in [0.25, 0.3) is 5.91 Å². The van der Waals surface area contributed by atoms with Crippen molar-refractivity contribution in [2.75, 3.05) is 5.73 Å². The summed E-state index contributed by atoms with van der Waals surface area (Å²) in [6.07, 6.45) is 0. The van der Waals surface area contributed by atoms with E-state index in [1.807, 2.05) is 19.1 Å². The first-order valence-electron chi connectivity index (χ1n) is 5.21. The van der Waals surface area contributed by atoms with Crippen LogP contribution in [0.4, 0.5) is 5.82 Å². The molecule has 0 aliphatic carbocycles. The number of nitrogens with zero attached hydrogens (tertiary/aromatic N) is 1. The minimum absolute atomic E-state index is 0.205. The van der Waals surface area contributed by atoms with Gasteiger partial charge in [0.15, 0.2) is 0 Å². The van der Waals surface area contributed by atoms with Gasteiger partial charge in [-0.25, -0.2) is 4.98 Å². The van der Waals surface area contributed by atoms with Crippen LogP contribution in [0.25, 0.3) is 0 Å². The molecule has 0 aliphatic rings. The molecule has 0 aromatic carbocycles. The van der Waals surface area contributed by atoms with Crippen LogP contribution in [0.15, 0.2) is 30.3 Å². The fourth-order valence-corrected chi connectivity index (χ4v) is 2.25. The van der Waals surface area contributed by atoms with Crippen LogP contribution in [-0.2, 0) is 6.54 Å². The Hall–Kier alpha value is -1.88. The van der Waals surface area contributed by atoms with E-state index in [2.05, 4.69) is 10.3 Å². The predicted molar refractivity (Wildman–Crippen MR) is 68.9 cm³/mol. The zero-order chi connectivity index (χ0) is 12.3. The summed E-state index contributed by atoms with van der Waals surface area (Å²) < 4.78 is 0. The smallest absolute Gasteiger partial charge is 0.270 e. The van der Waals surface area contributed by atoms with Crippen molar-refractivity contribution in [1.82, 2.24) is 10.3 Å². The molecule has 4 nitrogen and oxygen atoms in total. The quantitative estimate of drug-likeness (QED) is 0.871. The molecular weight excluding hydrogens is 234 g/mol. The lowest BCUT2D eigenvalue weighted by Gasteiger charge is -2.03. The van der Waals surface area contributed by atoms with Crippen LogP contribution in [0.2, 0.25) is 0 Å². The Morgan fingerprint density at radius 2 is 2.24 bits per heavy atom. The molecule has 0 saturated carbocycles. The van der Waals surface area contributed by atoms with Gasteiger partial charge in [-0.3, -0.25) is 4.79 Å². The summed E-state index contributed by atoms with van der Waals surface area (Å²) in [7, 11) is 0. The van der Waals surface area contributed by atoms with Crippen LogP contribution in [-0.4, -0.2) is 10.9 Å². The highest BCUT2D eigenvalue weighted by Gasteiger charge is 2.07. The first-order chi connectivity index (χ1) is 8.15. The number of hydrogen-bond donors (Lipinski definition) is 2. The minimum Gasteiger partial charge on any atom is -0.384 e. The van der Waals surface area contributed by atoms with Crippen molar-refractivity contribution in [3.05, 3.63) is 45.8 Å². The van der Waals surface area contributed by atoms with E-state index in [0.717, 1.165) is 4.88 Å². The van der Waals surface area contributed by atoms with Crippen LogP contribution < -0.4 is 11.1 Å². The zero-order valence-corrected chi connectivity index (χ0v) is 10.3. The number of thiophene rings is 1. The van der Waals surface area contributed by atoms with Gasteiger partial charge in [-0.2, -0.15) is 0 Å². The monoisotopic (exact) mass is 247 g/mol. The van der Waals surface area contributed by atoms with Crippen molar-refractivity contribution in [3.63, 3.8) is 0 Å². The molecule has 0 atom stereocenters. The van der Waals surface area contributed by atoms with Crippen molar-refractivity contribution in [1.29, 1.82) is 0 Å². The lowest BCUT2D eigenvalue weighted by Crippen LogP contribution is -2.23. The predicted octanol–water partition coefficient (Wildman–Crippen LogP) is 1.96. The number of aromatic nitrogens is 1. The second-order valence-corrected chi connectivity index (χ2v) is 5.02. The van der Waals surface area contributed by atoms with E-state index < -0.39 is 0 Å². The van der Waals surface area contributed by atoms with Gasteiger partial charge >= 0.3 is 0 Å². The minimum atomic E-state index is -0.205. The molecule has 1 amide bonds. The third kappa shape index (κ3) is 3.04. The number of carbonyl (C=O) groups excluding carboxylic acids is 1. The maximum atomic E-state index is 11.8. The second kappa shape index (κ2) is 4.97. The first kappa shape index (κ1) is 11.6. The van der Waals surface area contributed by atoms with E-state index in [0.29, 0.717) is 18.1 Å². The zero-order valence-electron chi connectivity index (χ0n) is 9.43. The number of rotatable bonds is 3. The molecule has 2 rings (SSSR count). The van der Waals surface area contributed by atoms with Crippen molar-refractivity contribution >= 4 is 23.1 Å². The van der Waals surface area contributed by atoms with E-state index in [4.69, 9.17) is 5.73 Å². The van der Waals surface area contributed by atoms with E-state index in [1.165, 1.54) is 4.88 Å². The Balaban J connectivity index is 1.98. The van der Waals surface area contributed by atoms with Gasteiger partial charge in [0.2, 0.25) is 0 Å². The molecule has 5 heteroatoms. The summed E-state index contributed by atoms with van der Waals surface area (Å²) >= 11 is 1.67. The van der Waals surface area contributed by atoms with Crippen LogP contribution in [0, 0.1) is 6.92 Å². The summed E-state index contributed by atoms with van der Waals surface area (Å²) in [5, 5.41) is 2.81. The highest BCUT2D eigenvalue weighted by atomic mass is 32.1. The SMILES string of the molecule is Cc1ccc(CNC(=O)c2cccc(N)n2)s1. The number of hydrogen-bond acceptors (Lipinski definition) is 4. The summed E-state index contributed by atoms with van der Waals surface area (Å²) in [5.41, 5.74) is 5.86. The van der Waals surface area contributed by atoms with Crippen molar-refractivity contribution in [2.24, 2.45) is 0 Å². The average Bonchev–Trinajstić information content (AvgIpc) is 2.72. The summed E-state index contributed by atoms with van der Waals surface area (Å²) in [6.45, 7) is 2.56. The Kier molecular flexibility index (Phi) is 3.39. The lowest BCUT2D eigenvalue weighted by molar-refractivity contribution is 0.0946.